The van der Waals surface area contributed by atoms with Gasteiger partial charge in [0.05, 0.1) is 0 Å². The molecule has 0 radical (unpaired) electrons. The van der Waals surface area contributed by atoms with E-state index in [1.807, 2.05) is 0 Å². The van der Waals surface area contributed by atoms with E-state index in [0.717, 1.165) is 36.2 Å². The van der Waals surface area contributed by atoms with Gasteiger partial charge in [0.1, 0.15) is 0 Å². The maximum absolute atomic E-state index is 13.7. The molecule has 0 unspecified atom stereocenters. The van der Waals surface area contributed by atoms with Gasteiger partial charge in [0, 0.05) is 30.9 Å². The molecule has 2 aromatic rings. The molecule has 21 heavy (non-hydrogen) atoms. The van der Waals surface area contributed by atoms with Crippen molar-refractivity contribution in [3.8, 4) is 5.69 Å². The smallest absolute Gasteiger partial charge is 0.292 e. The lowest BCUT2D eigenvalue weighted by atomic mass is 10.3. The molecular formula is C14H12F4N3+. The second-order valence-corrected chi connectivity index (χ2v) is 4.83. The van der Waals surface area contributed by atoms with E-state index in [2.05, 4.69) is 9.88 Å². The number of hydrogen-bond acceptors (Lipinski definition) is 2. The van der Waals surface area contributed by atoms with Crippen LogP contribution in [0.4, 0.5) is 23.2 Å². The van der Waals surface area contributed by atoms with Crippen molar-refractivity contribution in [1.82, 2.24) is 4.98 Å². The van der Waals surface area contributed by atoms with Crippen molar-refractivity contribution < 1.29 is 22.1 Å². The van der Waals surface area contributed by atoms with Crippen LogP contribution in [0.1, 0.15) is 12.8 Å². The SMILES string of the molecule is Fc1nc(F)c(F)c(-[n+]2ccc(N3CCCC3)cc2)c1F. The minimum Gasteiger partial charge on any atom is -0.371 e. The lowest BCUT2D eigenvalue weighted by Crippen LogP contribution is -2.34. The molecule has 0 N–H and O–H groups in total. The molecule has 3 nitrogen and oxygen atoms in total. The summed E-state index contributed by atoms with van der Waals surface area (Å²) < 4.78 is 54.5. The van der Waals surface area contributed by atoms with E-state index in [9.17, 15) is 17.6 Å². The minimum atomic E-state index is -1.67. The highest BCUT2D eigenvalue weighted by molar-refractivity contribution is 5.44. The van der Waals surface area contributed by atoms with Crippen molar-refractivity contribution in [3.05, 3.63) is 48.1 Å². The minimum absolute atomic E-state index is 0.812. The molecule has 1 saturated heterocycles. The van der Waals surface area contributed by atoms with Crippen LogP contribution in [0.25, 0.3) is 5.69 Å². The Bertz CT molecular complexity index is 641. The van der Waals surface area contributed by atoms with Gasteiger partial charge in [-0.1, -0.05) is 0 Å². The third-order valence-electron chi connectivity index (χ3n) is 3.52. The van der Waals surface area contributed by atoms with Gasteiger partial charge in [-0.2, -0.15) is 27.1 Å². The molecule has 0 bridgehead atoms. The van der Waals surface area contributed by atoms with E-state index in [1.165, 1.54) is 12.4 Å². The largest absolute Gasteiger partial charge is 0.371 e. The molecule has 0 saturated carbocycles. The third-order valence-corrected chi connectivity index (χ3v) is 3.52. The van der Waals surface area contributed by atoms with Gasteiger partial charge in [0.15, 0.2) is 12.4 Å². The Morgan fingerprint density at radius 3 is 1.95 bits per heavy atom. The summed E-state index contributed by atoms with van der Waals surface area (Å²) in [7, 11) is 0. The normalized spacial score (nSPS) is 14.8. The predicted octanol–water partition coefficient (Wildman–Crippen LogP) is 2.51. The molecule has 3 rings (SSSR count). The van der Waals surface area contributed by atoms with Crippen LogP contribution in [-0.2, 0) is 0 Å². The van der Waals surface area contributed by atoms with Crippen LogP contribution in [0.5, 0.6) is 0 Å². The Balaban J connectivity index is 2.01. The van der Waals surface area contributed by atoms with E-state index in [4.69, 9.17) is 0 Å². The van der Waals surface area contributed by atoms with Crippen molar-refractivity contribution in [1.29, 1.82) is 0 Å². The first kappa shape index (κ1) is 13.8. The van der Waals surface area contributed by atoms with Gasteiger partial charge in [-0.25, -0.2) is 0 Å². The molecule has 3 heterocycles. The van der Waals surface area contributed by atoms with Crippen LogP contribution in [0.3, 0.4) is 0 Å². The molecule has 110 valence electrons. The highest BCUT2D eigenvalue weighted by Crippen LogP contribution is 2.20. The second-order valence-electron chi connectivity index (χ2n) is 4.83. The molecule has 0 atom stereocenters. The van der Waals surface area contributed by atoms with Crippen molar-refractivity contribution in [2.75, 3.05) is 18.0 Å². The topological polar surface area (TPSA) is 20.0 Å². The average Bonchev–Trinajstić information content (AvgIpc) is 3.00. The van der Waals surface area contributed by atoms with Crippen LogP contribution in [-0.4, -0.2) is 18.1 Å². The number of rotatable bonds is 2. The summed E-state index contributed by atoms with van der Waals surface area (Å²) in [6, 6.07) is 3.31. The Hall–Kier alpha value is -2.18. The zero-order chi connectivity index (χ0) is 15.0. The second kappa shape index (κ2) is 5.31. The summed E-state index contributed by atoms with van der Waals surface area (Å²) in [6.45, 7) is 1.84. The van der Waals surface area contributed by atoms with Crippen molar-refractivity contribution in [3.63, 3.8) is 0 Å². The van der Waals surface area contributed by atoms with Gasteiger partial charge in [-0.05, 0) is 12.8 Å². The lowest BCUT2D eigenvalue weighted by Gasteiger charge is -2.16. The summed E-state index contributed by atoms with van der Waals surface area (Å²) >= 11 is 0. The fourth-order valence-electron chi connectivity index (χ4n) is 2.46. The quantitative estimate of drug-likeness (QED) is 0.482. The Morgan fingerprint density at radius 2 is 1.43 bits per heavy atom. The van der Waals surface area contributed by atoms with Crippen LogP contribution in [0.2, 0.25) is 0 Å². The number of halogens is 4. The summed E-state index contributed by atoms with van der Waals surface area (Å²) in [5.74, 6) is -6.37. The summed E-state index contributed by atoms with van der Waals surface area (Å²) in [5.41, 5.74) is 0.0903. The molecule has 1 aliphatic heterocycles. The van der Waals surface area contributed by atoms with E-state index >= 15 is 0 Å². The van der Waals surface area contributed by atoms with Gasteiger partial charge in [-0.15, -0.1) is 0 Å². The van der Waals surface area contributed by atoms with E-state index in [-0.39, 0.29) is 0 Å². The van der Waals surface area contributed by atoms with Crippen LogP contribution < -0.4 is 9.47 Å². The predicted molar refractivity (Wildman–Crippen MR) is 67.0 cm³/mol. The van der Waals surface area contributed by atoms with Gasteiger partial charge < -0.3 is 4.90 Å². The third kappa shape index (κ3) is 2.43. The maximum atomic E-state index is 13.7. The van der Waals surface area contributed by atoms with Crippen LogP contribution in [0.15, 0.2) is 24.5 Å². The van der Waals surface area contributed by atoms with E-state index < -0.39 is 29.2 Å². The number of anilines is 1. The molecule has 7 heteroatoms. The molecule has 1 fully saturated rings. The summed E-state index contributed by atoms with van der Waals surface area (Å²) in [6.07, 6.45) is 4.93. The van der Waals surface area contributed by atoms with E-state index in [1.54, 1.807) is 12.1 Å². The first-order valence-corrected chi connectivity index (χ1v) is 6.54. The Labute approximate surface area is 118 Å². The highest BCUT2D eigenvalue weighted by atomic mass is 19.2. The first-order chi connectivity index (χ1) is 10.1. The number of pyridine rings is 2. The Kier molecular flexibility index (Phi) is 3.48. The van der Waals surface area contributed by atoms with E-state index in [0.29, 0.717) is 0 Å². The fraction of sp³-hybridized carbons (Fsp3) is 0.286. The van der Waals surface area contributed by atoms with Crippen molar-refractivity contribution >= 4 is 5.69 Å². The molecule has 1 aliphatic rings. The first-order valence-electron chi connectivity index (χ1n) is 6.54. The molecular weight excluding hydrogens is 286 g/mol. The number of nitrogens with zero attached hydrogens (tertiary/aromatic N) is 3. The monoisotopic (exact) mass is 298 g/mol. The van der Waals surface area contributed by atoms with Gasteiger partial charge >= 0.3 is 0 Å². The van der Waals surface area contributed by atoms with Gasteiger partial charge in [0.25, 0.3) is 29.2 Å². The average molecular weight is 298 g/mol. The molecule has 0 amide bonds. The van der Waals surface area contributed by atoms with Crippen LogP contribution >= 0.6 is 0 Å². The standard InChI is InChI=1S/C14H12F4N3/c15-10-12(11(16)14(18)19-13(10)17)21-7-3-9(4-8-21)20-5-1-2-6-20/h3-4,7-8H,1-2,5-6H2/q+1. The molecule has 0 aliphatic carbocycles. The summed E-state index contributed by atoms with van der Waals surface area (Å²) in [4.78, 5) is 4.66. The molecule has 0 aromatic carbocycles. The van der Waals surface area contributed by atoms with Gasteiger partial charge in [0.2, 0.25) is 0 Å². The van der Waals surface area contributed by atoms with Gasteiger partial charge in [-0.3, -0.25) is 0 Å². The maximum Gasteiger partial charge on any atom is 0.292 e. The number of aromatic nitrogens is 2. The molecule has 0 spiro atoms. The van der Waals surface area contributed by atoms with Crippen molar-refractivity contribution in [2.45, 2.75) is 12.8 Å². The Morgan fingerprint density at radius 1 is 0.905 bits per heavy atom. The van der Waals surface area contributed by atoms with Crippen molar-refractivity contribution in [2.24, 2.45) is 0 Å². The zero-order valence-electron chi connectivity index (χ0n) is 11.0. The molecule has 2 aromatic heterocycles. The summed E-state index contributed by atoms with van der Waals surface area (Å²) in [5, 5.41) is 0. The number of hydrogen-bond donors (Lipinski definition) is 0. The zero-order valence-corrected chi connectivity index (χ0v) is 11.0. The lowest BCUT2D eigenvalue weighted by molar-refractivity contribution is -0.600. The van der Waals surface area contributed by atoms with Crippen LogP contribution in [0, 0.1) is 23.5 Å². The fourth-order valence-corrected chi connectivity index (χ4v) is 2.46. The highest BCUT2D eigenvalue weighted by Gasteiger charge is 2.28.